The summed E-state index contributed by atoms with van der Waals surface area (Å²) in [5, 5.41) is 37.4. The summed E-state index contributed by atoms with van der Waals surface area (Å²) in [5.74, 6) is -6.57. The Labute approximate surface area is 276 Å². The first-order chi connectivity index (χ1) is 22.2. The normalized spacial score (nSPS) is 45.5. The molecule has 2 aliphatic carbocycles. The van der Waals surface area contributed by atoms with E-state index in [1.807, 2.05) is 0 Å². The predicted molar refractivity (Wildman–Crippen MR) is 156 cm³/mol. The lowest BCUT2D eigenvalue weighted by molar-refractivity contribution is -0.330. The van der Waals surface area contributed by atoms with Gasteiger partial charge in [-0.05, 0) is 31.2 Å². The van der Waals surface area contributed by atoms with E-state index in [1.54, 1.807) is 27.7 Å². The summed E-state index contributed by atoms with van der Waals surface area (Å²) in [6.45, 7) is 9.64. The molecule has 2 spiro atoms. The van der Waals surface area contributed by atoms with E-state index < -0.39 is 124 Å². The van der Waals surface area contributed by atoms with Crippen LogP contribution in [0.5, 0.6) is 0 Å². The predicted octanol–water partition coefficient (Wildman–Crippen LogP) is 0.551. The van der Waals surface area contributed by atoms with Crippen molar-refractivity contribution in [3.63, 3.8) is 0 Å². The number of hydrogen-bond acceptors (Lipinski definition) is 15. The highest BCUT2D eigenvalue weighted by Crippen LogP contribution is 2.77. The summed E-state index contributed by atoms with van der Waals surface area (Å²) >= 11 is 0. The maximum atomic E-state index is 15.5. The van der Waals surface area contributed by atoms with Gasteiger partial charge in [0.25, 0.3) is 0 Å². The van der Waals surface area contributed by atoms with Gasteiger partial charge in [0.2, 0.25) is 6.10 Å². The molecule has 0 aromatic carbocycles. The van der Waals surface area contributed by atoms with Gasteiger partial charge in [-0.1, -0.05) is 27.7 Å². The van der Waals surface area contributed by atoms with Crippen LogP contribution in [-0.2, 0) is 52.4 Å². The number of carbonyl (C=O) groups excluding carboxylic acids is 5. The molecule has 15 nitrogen and oxygen atoms in total. The van der Waals surface area contributed by atoms with Crippen molar-refractivity contribution in [2.45, 2.75) is 108 Å². The van der Waals surface area contributed by atoms with Crippen LogP contribution in [0.25, 0.3) is 0 Å². The van der Waals surface area contributed by atoms with Crippen LogP contribution in [0.1, 0.15) is 66.6 Å². The number of Topliss-reactive ketones (excluding diaryl/α,β-unsaturated/α-hetero) is 1. The van der Waals surface area contributed by atoms with Crippen LogP contribution in [-0.4, -0.2) is 106 Å². The Kier molecular flexibility index (Phi) is 7.59. The first-order valence-electron chi connectivity index (χ1n) is 15.9. The number of fused-ring (bicyclic) bond motifs is 1. The Morgan fingerprint density at radius 3 is 2.25 bits per heavy atom. The molecule has 4 heterocycles. The molecule has 5 fully saturated rings. The lowest BCUT2D eigenvalue weighted by Gasteiger charge is -2.62. The fraction of sp³-hybridized carbons (Fsp3) is 0.727. The second kappa shape index (κ2) is 10.6. The third kappa shape index (κ3) is 3.84. The van der Waals surface area contributed by atoms with E-state index >= 15 is 4.79 Å². The highest BCUT2D eigenvalue weighted by atomic mass is 16.7. The van der Waals surface area contributed by atoms with E-state index in [0.717, 1.165) is 14.0 Å². The molecule has 12 atom stereocenters. The van der Waals surface area contributed by atoms with Gasteiger partial charge in [-0.3, -0.25) is 19.2 Å². The van der Waals surface area contributed by atoms with Crippen molar-refractivity contribution < 1.29 is 72.1 Å². The molecule has 6 rings (SSSR count). The fourth-order valence-electron chi connectivity index (χ4n) is 9.43. The molecule has 2 bridgehead atoms. The fourth-order valence-corrected chi connectivity index (χ4v) is 9.43. The number of aliphatic hydroxyl groups is 3. The van der Waals surface area contributed by atoms with Crippen molar-refractivity contribution in [3.8, 4) is 0 Å². The molecular weight excluding hydrogens is 636 g/mol. The van der Waals surface area contributed by atoms with Gasteiger partial charge in [-0.25, -0.2) is 4.79 Å². The van der Waals surface area contributed by atoms with Crippen LogP contribution >= 0.6 is 0 Å². The molecule has 1 aromatic rings. The molecule has 3 saturated heterocycles. The van der Waals surface area contributed by atoms with Crippen molar-refractivity contribution in [2.24, 2.45) is 28.1 Å². The average molecular weight is 679 g/mol. The Hall–Kier alpha value is -3.37. The van der Waals surface area contributed by atoms with Gasteiger partial charge >= 0.3 is 23.9 Å². The number of methoxy groups -OCH3 is 1. The van der Waals surface area contributed by atoms with Crippen molar-refractivity contribution in [3.05, 3.63) is 24.2 Å². The summed E-state index contributed by atoms with van der Waals surface area (Å²) in [6.07, 6.45) is -8.52. The SMILES string of the molecule is COC(=O)CC1C(C)(C)C(O)C(OC(=O)C(C)C)C2OC34C(OC(C)=O)C(=O)OC(c5ccoc5)C3(C)C(O)C(O)(C(=O)C21C)C41CO1. The first-order valence-corrected chi connectivity index (χ1v) is 15.9. The van der Waals surface area contributed by atoms with Gasteiger partial charge in [0.1, 0.15) is 18.3 Å². The van der Waals surface area contributed by atoms with E-state index in [-0.39, 0.29) is 5.56 Å². The number of ether oxygens (including phenoxy) is 6. The Morgan fingerprint density at radius 2 is 1.73 bits per heavy atom. The Bertz CT molecular complexity index is 1550. The highest BCUT2D eigenvalue weighted by Gasteiger charge is 2.98. The second-order valence-electron chi connectivity index (χ2n) is 15.0. The van der Waals surface area contributed by atoms with E-state index in [2.05, 4.69) is 0 Å². The van der Waals surface area contributed by atoms with E-state index in [0.29, 0.717) is 0 Å². The third-order valence-corrected chi connectivity index (χ3v) is 12.0. The van der Waals surface area contributed by atoms with Gasteiger partial charge < -0.3 is 48.2 Å². The molecule has 264 valence electrons. The largest absolute Gasteiger partial charge is 0.472 e. The van der Waals surface area contributed by atoms with Crippen LogP contribution in [0.2, 0.25) is 0 Å². The van der Waals surface area contributed by atoms with Crippen LogP contribution in [0, 0.1) is 28.1 Å². The zero-order valence-electron chi connectivity index (χ0n) is 28.0. The van der Waals surface area contributed by atoms with Gasteiger partial charge in [-0.15, -0.1) is 0 Å². The molecule has 15 heteroatoms. The first kappa shape index (κ1) is 34.5. The number of epoxide rings is 1. The minimum absolute atomic E-state index is 0.214. The Morgan fingerprint density at radius 1 is 1.08 bits per heavy atom. The standard InChI is InChI=1S/C33H42O15/c1-14(2)24(37)46-19-20(36)28(4,5)17(11-18(35)42-8)29(6)22(19)48-33-23(45-15(3)34)25(38)47-21(16-9-10-43-12-16)30(33,7)27(40)32(41,26(29)39)31(33)13-44-31/h9-10,12,14,17,19-23,27,36,40-41H,11,13H2,1-8H3. The summed E-state index contributed by atoms with van der Waals surface area (Å²) in [7, 11) is 1.15. The van der Waals surface area contributed by atoms with Crippen molar-refractivity contribution >= 4 is 29.7 Å². The molecule has 48 heavy (non-hydrogen) atoms. The third-order valence-electron chi connectivity index (χ3n) is 12.0. The molecule has 5 aliphatic rings. The van der Waals surface area contributed by atoms with Crippen molar-refractivity contribution in [1.29, 1.82) is 0 Å². The summed E-state index contributed by atoms with van der Waals surface area (Å²) < 4.78 is 40.6. The monoisotopic (exact) mass is 678 g/mol. The maximum absolute atomic E-state index is 15.5. The number of ketones is 1. The minimum atomic E-state index is -2.90. The number of carbonyl (C=O) groups is 5. The molecule has 0 amide bonds. The zero-order chi connectivity index (χ0) is 35.6. The summed E-state index contributed by atoms with van der Waals surface area (Å²) in [6, 6.07) is 1.45. The summed E-state index contributed by atoms with van der Waals surface area (Å²) in [5.41, 5.74) is -12.8. The summed E-state index contributed by atoms with van der Waals surface area (Å²) in [4.78, 5) is 68.3. The highest BCUT2D eigenvalue weighted by molar-refractivity contribution is 5.99. The lowest BCUT2D eigenvalue weighted by atomic mass is 9.48. The number of esters is 4. The number of cyclic esters (lactones) is 1. The molecule has 3 aliphatic heterocycles. The topological polar surface area (TPSA) is 218 Å². The van der Waals surface area contributed by atoms with E-state index in [1.165, 1.54) is 32.4 Å². The van der Waals surface area contributed by atoms with Gasteiger partial charge in [0.05, 0.1) is 49.1 Å². The van der Waals surface area contributed by atoms with Crippen LogP contribution in [0.4, 0.5) is 0 Å². The van der Waals surface area contributed by atoms with E-state index in [9.17, 15) is 34.5 Å². The smallest absolute Gasteiger partial charge is 0.351 e. The quantitative estimate of drug-likeness (QED) is 0.213. The van der Waals surface area contributed by atoms with E-state index in [4.69, 9.17) is 32.8 Å². The number of rotatable bonds is 6. The number of furan rings is 1. The molecular formula is C33H42O15. The number of hydrogen-bond donors (Lipinski definition) is 3. The van der Waals surface area contributed by atoms with Crippen LogP contribution in [0.15, 0.2) is 23.0 Å². The molecule has 3 N–H and O–H groups in total. The second-order valence-corrected chi connectivity index (χ2v) is 15.0. The van der Waals surface area contributed by atoms with Crippen molar-refractivity contribution in [2.75, 3.05) is 13.7 Å². The van der Waals surface area contributed by atoms with Gasteiger partial charge in [-0.2, -0.15) is 0 Å². The maximum Gasteiger partial charge on any atom is 0.351 e. The van der Waals surface area contributed by atoms with Crippen LogP contribution < -0.4 is 0 Å². The average Bonchev–Trinajstić information content (AvgIpc) is 3.65. The van der Waals surface area contributed by atoms with Gasteiger partial charge in [0.15, 0.2) is 28.7 Å². The Balaban J connectivity index is 1.70. The molecule has 12 unspecified atom stereocenters. The molecule has 0 radical (unpaired) electrons. The van der Waals surface area contributed by atoms with Crippen molar-refractivity contribution in [1.82, 2.24) is 0 Å². The lowest BCUT2D eigenvalue weighted by Crippen LogP contribution is -2.76. The molecule has 1 aromatic heterocycles. The minimum Gasteiger partial charge on any atom is -0.472 e. The molecule has 2 saturated carbocycles. The zero-order valence-corrected chi connectivity index (χ0v) is 28.0. The number of aliphatic hydroxyl groups excluding tert-OH is 2. The van der Waals surface area contributed by atoms with Crippen LogP contribution in [0.3, 0.4) is 0 Å². The van der Waals surface area contributed by atoms with Gasteiger partial charge in [0, 0.05) is 18.9 Å².